The Hall–Kier alpha value is -1.27. The molecular weight excluding hydrogens is 230 g/mol. The van der Waals surface area contributed by atoms with E-state index in [1.807, 2.05) is 18.2 Å². The summed E-state index contributed by atoms with van der Waals surface area (Å²) in [6.45, 7) is 0. The quantitative estimate of drug-likeness (QED) is 0.761. The van der Waals surface area contributed by atoms with Gasteiger partial charge in [-0.05, 0) is 18.2 Å². The predicted octanol–water partition coefficient (Wildman–Crippen LogP) is 3.26. The van der Waals surface area contributed by atoms with Crippen LogP contribution in [-0.4, -0.2) is 0 Å². The molecule has 1 aromatic carbocycles. The summed E-state index contributed by atoms with van der Waals surface area (Å²) < 4.78 is 6.29. The molecule has 0 bridgehead atoms. The van der Waals surface area contributed by atoms with Crippen molar-refractivity contribution in [1.82, 2.24) is 0 Å². The lowest BCUT2D eigenvalue weighted by Gasteiger charge is -1.91. The van der Waals surface area contributed by atoms with Crippen LogP contribution in [0.1, 0.15) is 5.56 Å². The molecule has 2 aromatic rings. The highest BCUT2D eigenvalue weighted by Gasteiger charge is 2.04. The van der Waals surface area contributed by atoms with E-state index in [0.717, 1.165) is 21.0 Å². The van der Waals surface area contributed by atoms with Crippen LogP contribution in [0.15, 0.2) is 33.4 Å². The summed E-state index contributed by atoms with van der Waals surface area (Å²) in [6.07, 6.45) is 2.04. The minimum Gasteiger partial charge on any atom is -0.464 e. The van der Waals surface area contributed by atoms with Crippen molar-refractivity contribution < 1.29 is 4.42 Å². The summed E-state index contributed by atoms with van der Waals surface area (Å²) in [5.74, 6) is 0. The van der Waals surface area contributed by atoms with Gasteiger partial charge in [0.15, 0.2) is 0 Å². The summed E-state index contributed by atoms with van der Waals surface area (Å²) in [4.78, 5) is 0. The first-order valence-corrected chi connectivity index (χ1v) is 4.63. The molecule has 0 radical (unpaired) electrons. The number of benzene rings is 1. The van der Waals surface area contributed by atoms with Crippen LogP contribution in [0.3, 0.4) is 0 Å². The average molecular weight is 236 g/mol. The highest BCUT2D eigenvalue weighted by atomic mass is 79.9. The van der Waals surface area contributed by atoms with Gasteiger partial charge in [0.2, 0.25) is 0 Å². The molecule has 2 nitrogen and oxygen atoms in total. The van der Waals surface area contributed by atoms with E-state index in [2.05, 4.69) is 22.0 Å². The van der Waals surface area contributed by atoms with Crippen LogP contribution >= 0.6 is 15.9 Å². The highest BCUT2D eigenvalue weighted by molar-refractivity contribution is 9.10. The second kappa shape index (κ2) is 3.23. The maximum atomic E-state index is 8.55. The van der Waals surface area contributed by atoms with Gasteiger partial charge in [-0.1, -0.05) is 15.9 Å². The number of nitriles is 1. The molecule has 3 heteroatoms. The predicted molar refractivity (Wildman–Crippen MR) is 53.2 cm³/mol. The fourth-order valence-electron chi connectivity index (χ4n) is 1.28. The van der Waals surface area contributed by atoms with Crippen molar-refractivity contribution in [3.05, 3.63) is 34.5 Å². The van der Waals surface area contributed by atoms with Gasteiger partial charge < -0.3 is 4.42 Å². The van der Waals surface area contributed by atoms with Crippen LogP contribution < -0.4 is 0 Å². The van der Waals surface area contributed by atoms with Crippen molar-refractivity contribution in [2.45, 2.75) is 6.42 Å². The van der Waals surface area contributed by atoms with Crippen LogP contribution in [-0.2, 0) is 6.42 Å². The molecule has 2 rings (SSSR count). The third-order valence-corrected chi connectivity index (χ3v) is 2.38. The largest absolute Gasteiger partial charge is 0.464 e. The Labute approximate surface area is 83.9 Å². The number of fused-ring (bicyclic) bond motifs is 1. The van der Waals surface area contributed by atoms with Crippen LogP contribution in [0.5, 0.6) is 0 Å². The number of hydrogen-bond acceptors (Lipinski definition) is 2. The molecule has 13 heavy (non-hydrogen) atoms. The van der Waals surface area contributed by atoms with Gasteiger partial charge in [0.25, 0.3) is 0 Å². The molecule has 1 aromatic heterocycles. The molecule has 0 N–H and O–H groups in total. The number of nitrogens with zero attached hydrogens (tertiary/aromatic N) is 1. The fourth-order valence-corrected chi connectivity index (χ4v) is 1.62. The molecular formula is C10H6BrNO. The van der Waals surface area contributed by atoms with E-state index in [1.165, 1.54) is 0 Å². The van der Waals surface area contributed by atoms with E-state index >= 15 is 0 Å². The van der Waals surface area contributed by atoms with Crippen LogP contribution in [0.4, 0.5) is 0 Å². The smallest absolute Gasteiger partial charge is 0.135 e. The van der Waals surface area contributed by atoms with Gasteiger partial charge in [-0.25, -0.2) is 0 Å². The van der Waals surface area contributed by atoms with Crippen LogP contribution in [0.2, 0.25) is 0 Å². The Bertz CT molecular complexity index is 481. The van der Waals surface area contributed by atoms with Gasteiger partial charge in [-0.3, -0.25) is 0 Å². The molecule has 0 spiro atoms. The molecule has 0 saturated heterocycles. The van der Waals surface area contributed by atoms with Crippen molar-refractivity contribution in [2.75, 3.05) is 0 Å². The van der Waals surface area contributed by atoms with Crippen molar-refractivity contribution in [2.24, 2.45) is 0 Å². The normalized spacial score (nSPS) is 10.2. The third kappa shape index (κ3) is 1.45. The minimum absolute atomic E-state index is 0.397. The average Bonchev–Trinajstić information content (AvgIpc) is 2.49. The van der Waals surface area contributed by atoms with Crippen molar-refractivity contribution in [3.8, 4) is 6.07 Å². The molecule has 0 aliphatic carbocycles. The van der Waals surface area contributed by atoms with E-state index in [9.17, 15) is 0 Å². The van der Waals surface area contributed by atoms with Gasteiger partial charge in [-0.15, -0.1) is 0 Å². The number of rotatable bonds is 1. The maximum absolute atomic E-state index is 8.55. The van der Waals surface area contributed by atoms with Gasteiger partial charge in [0.1, 0.15) is 5.58 Å². The first-order chi connectivity index (χ1) is 6.31. The first kappa shape index (κ1) is 8.33. The zero-order valence-corrected chi connectivity index (χ0v) is 8.34. The van der Waals surface area contributed by atoms with Gasteiger partial charge in [0, 0.05) is 15.4 Å². The Balaban J connectivity index is 2.63. The highest BCUT2D eigenvalue weighted by Crippen LogP contribution is 2.24. The summed E-state index contributed by atoms with van der Waals surface area (Å²) in [5.41, 5.74) is 1.77. The number of hydrogen-bond donors (Lipinski definition) is 0. The van der Waals surface area contributed by atoms with Gasteiger partial charge in [-0.2, -0.15) is 5.26 Å². The monoisotopic (exact) mass is 235 g/mol. The molecule has 1 heterocycles. The molecule has 0 aliphatic heterocycles. The molecule has 0 atom stereocenters. The van der Waals surface area contributed by atoms with E-state index in [4.69, 9.17) is 9.68 Å². The lowest BCUT2D eigenvalue weighted by Crippen LogP contribution is -1.76. The minimum atomic E-state index is 0.397. The van der Waals surface area contributed by atoms with E-state index in [-0.39, 0.29) is 0 Å². The van der Waals surface area contributed by atoms with Crippen LogP contribution in [0.25, 0.3) is 11.0 Å². The standard InChI is InChI=1S/C10H6BrNO/c11-8-1-2-9-7(3-4-12)6-13-10(9)5-8/h1-2,5-6H,3H2. The van der Waals surface area contributed by atoms with Crippen molar-refractivity contribution >= 4 is 26.9 Å². The van der Waals surface area contributed by atoms with E-state index < -0.39 is 0 Å². The Morgan fingerprint density at radius 3 is 3.08 bits per heavy atom. The third-order valence-electron chi connectivity index (χ3n) is 1.89. The molecule has 0 amide bonds. The molecule has 0 aliphatic rings. The lowest BCUT2D eigenvalue weighted by molar-refractivity contribution is 0.612. The van der Waals surface area contributed by atoms with Crippen molar-refractivity contribution in [3.63, 3.8) is 0 Å². The molecule has 0 saturated carbocycles. The van der Waals surface area contributed by atoms with Crippen molar-refractivity contribution in [1.29, 1.82) is 5.26 Å². The first-order valence-electron chi connectivity index (χ1n) is 3.84. The topological polar surface area (TPSA) is 36.9 Å². The Kier molecular flexibility index (Phi) is 2.07. The van der Waals surface area contributed by atoms with E-state index in [0.29, 0.717) is 6.42 Å². The SMILES string of the molecule is N#CCc1coc2cc(Br)ccc12. The number of furan rings is 1. The van der Waals surface area contributed by atoms with Gasteiger partial charge >= 0.3 is 0 Å². The fraction of sp³-hybridized carbons (Fsp3) is 0.100. The Morgan fingerprint density at radius 1 is 1.46 bits per heavy atom. The number of halogens is 1. The van der Waals surface area contributed by atoms with Gasteiger partial charge in [0.05, 0.1) is 18.8 Å². The molecule has 0 fully saturated rings. The van der Waals surface area contributed by atoms with Crippen LogP contribution in [0, 0.1) is 11.3 Å². The summed E-state index contributed by atoms with van der Waals surface area (Å²) in [6, 6.07) is 7.90. The zero-order chi connectivity index (χ0) is 9.26. The van der Waals surface area contributed by atoms with E-state index in [1.54, 1.807) is 6.26 Å². The lowest BCUT2D eigenvalue weighted by atomic mass is 10.1. The summed E-state index contributed by atoms with van der Waals surface area (Å²) in [7, 11) is 0. The summed E-state index contributed by atoms with van der Waals surface area (Å²) in [5, 5.41) is 9.57. The Morgan fingerprint density at radius 2 is 2.31 bits per heavy atom. The second-order valence-electron chi connectivity index (χ2n) is 2.74. The molecule has 0 unspecified atom stereocenters. The second-order valence-corrected chi connectivity index (χ2v) is 3.65. The zero-order valence-electron chi connectivity index (χ0n) is 6.75. The maximum Gasteiger partial charge on any atom is 0.135 e. The molecule has 64 valence electrons. The summed E-state index contributed by atoms with van der Waals surface area (Å²) >= 11 is 3.36.